The molecule has 0 aromatic carbocycles. The summed E-state index contributed by atoms with van der Waals surface area (Å²) in [6.07, 6.45) is 3.38. The van der Waals surface area contributed by atoms with Gasteiger partial charge in [0.1, 0.15) is 0 Å². The van der Waals surface area contributed by atoms with Crippen molar-refractivity contribution in [3.05, 3.63) is 0 Å². The number of piperidine rings is 1. The zero-order chi connectivity index (χ0) is 11.3. The van der Waals surface area contributed by atoms with E-state index in [1.165, 1.54) is 12.8 Å². The number of carbonyl (C=O) groups is 1. The molecule has 0 saturated carbocycles. The zero-order valence-electron chi connectivity index (χ0n) is 10.6. The first-order valence-electron chi connectivity index (χ1n) is 6.16. The highest BCUT2D eigenvalue weighted by Crippen LogP contribution is 2.14. The van der Waals surface area contributed by atoms with Crippen LogP contribution in [0.2, 0.25) is 0 Å². The van der Waals surface area contributed by atoms with Crippen LogP contribution < -0.4 is 10.6 Å². The summed E-state index contributed by atoms with van der Waals surface area (Å²) in [5.41, 5.74) is 0. The molecule has 3 unspecified atom stereocenters. The van der Waals surface area contributed by atoms with Gasteiger partial charge in [-0.2, -0.15) is 0 Å². The predicted molar refractivity (Wildman–Crippen MR) is 69.9 cm³/mol. The number of hydrogen-bond acceptors (Lipinski definition) is 2. The molecule has 1 aliphatic rings. The van der Waals surface area contributed by atoms with Gasteiger partial charge < -0.3 is 10.6 Å². The fourth-order valence-electron chi connectivity index (χ4n) is 1.98. The molecule has 1 saturated heterocycles. The summed E-state index contributed by atoms with van der Waals surface area (Å²) in [6, 6.07) is 0.305. The van der Waals surface area contributed by atoms with Gasteiger partial charge in [-0.05, 0) is 45.2 Å². The molecule has 16 heavy (non-hydrogen) atoms. The molecule has 0 spiro atoms. The summed E-state index contributed by atoms with van der Waals surface area (Å²) in [7, 11) is 0. The third-order valence-corrected chi connectivity index (χ3v) is 3.47. The average Bonchev–Trinajstić information content (AvgIpc) is 2.29. The van der Waals surface area contributed by atoms with Crippen molar-refractivity contribution < 1.29 is 4.79 Å². The van der Waals surface area contributed by atoms with Crippen LogP contribution in [0.4, 0.5) is 0 Å². The Labute approximate surface area is 105 Å². The van der Waals surface area contributed by atoms with Gasteiger partial charge in [-0.1, -0.05) is 13.8 Å². The highest BCUT2D eigenvalue weighted by atomic mass is 35.5. The molecule has 3 nitrogen and oxygen atoms in total. The largest absolute Gasteiger partial charge is 0.353 e. The molecule has 0 aliphatic carbocycles. The molecule has 4 heteroatoms. The van der Waals surface area contributed by atoms with Crippen LogP contribution in [-0.2, 0) is 4.79 Å². The second-order valence-corrected chi connectivity index (χ2v) is 4.71. The van der Waals surface area contributed by atoms with E-state index in [0.717, 1.165) is 19.5 Å². The minimum Gasteiger partial charge on any atom is -0.353 e. The maximum atomic E-state index is 11.7. The summed E-state index contributed by atoms with van der Waals surface area (Å²) in [5.74, 6) is 0.950. The molecule has 0 radical (unpaired) electrons. The van der Waals surface area contributed by atoms with Crippen LogP contribution in [0.5, 0.6) is 0 Å². The van der Waals surface area contributed by atoms with Crippen molar-refractivity contribution in [3.8, 4) is 0 Å². The monoisotopic (exact) mass is 248 g/mol. The molecule has 1 rings (SSSR count). The van der Waals surface area contributed by atoms with Crippen LogP contribution in [0.1, 0.15) is 40.0 Å². The summed E-state index contributed by atoms with van der Waals surface area (Å²) >= 11 is 0. The van der Waals surface area contributed by atoms with Crippen LogP contribution in [0.25, 0.3) is 0 Å². The molecule has 2 N–H and O–H groups in total. The fraction of sp³-hybridized carbons (Fsp3) is 0.917. The van der Waals surface area contributed by atoms with E-state index >= 15 is 0 Å². The molecular formula is C12H25ClN2O. The number of hydrogen-bond donors (Lipinski definition) is 2. The van der Waals surface area contributed by atoms with Crippen molar-refractivity contribution in [2.45, 2.75) is 46.1 Å². The molecular weight excluding hydrogens is 224 g/mol. The topological polar surface area (TPSA) is 41.1 Å². The van der Waals surface area contributed by atoms with Gasteiger partial charge in [-0.25, -0.2) is 0 Å². The first kappa shape index (κ1) is 15.7. The SMILES string of the molecule is CCC(C)C(=O)NC(C)C1CCCNC1.Cl. The van der Waals surface area contributed by atoms with E-state index in [-0.39, 0.29) is 24.2 Å². The summed E-state index contributed by atoms with van der Waals surface area (Å²) in [4.78, 5) is 11.7. The summed E-state index contributed by atoms with van der Waals surface area (Å²) < 4.78 is 0. The lowest BCUT2D eigenvalue weighted by atomic mass is 9.92. The van der Waals surface area contributed by atoms with E-state index in [2.05, 4.69) is 24.5 Å². The third-order valence-electron chi connectivity index (χ3n) is 3.47. The summed E-state index contributed by atoms with van der Waals surface area (Å²) in [6.45, 7) is 8.33. The van der Waals surface area contributed by atoms with Crippen LogP contribution >= 0.6 is 12.4 Å². The van der Waals surface area contributed by atoms with Gasteiger partial charge in [0, 0.05) is 12.0 Å². The Morgan fingerprint density at radius 2 is 2.19 bits per heavy atom. The molecule has 0 bridgehead atoms. The molecule has 3 atom stereocenters. The van der Waals surface area contributed by atoms with Gasteiger partial charge in [0.15, 0.2) is 0 Å². The fourth-order valence-corrected chi connectivity index (χ4v) is 1.98. The van der Waals surface area contributed by atoms with E-state index in [4.69, 9.17) is 0 Å². The predicted octanol–water partition coefficient (Wildman–Crippen LogP) is 1.96. The average molecular weight is 249 g/mol. The van der Waals surface area contributed by atoms with Crippen molar-refractivity contribution in [1.82, 2.24) is 10.6 Å². The lowest BCUT2D eigenvalue weighted by molar-refractivity contribution is -0.125. The normalized spacial score (nSPS) is 24.1. The third kappa shape index (κ3) is 4.71. The Morgan fingerprint density at radius 1 is 1.50 bits per heavy atom. The minimum absolute atomic E-state index is 0. The zero-order valence-corrected chi connectivity index (χ0v) is 11.4. The van der Waals surface area contributed by atoms with Crippen LogP contribution in [-0.4, -0.2) is 25.0 Å². The standard InChI is InChI=1S/C12H24N2O.ClH/c1-4-9(2)12(15)14-10(3)11-6-5-7-13-8-11;/h9-11,13H,4-8H2,1-3H3,(H,14,15);1H. The first-order chi connectivity index (χ1) is 7.15. The number of carbonyl (C=O) groups excluding carboxylic acids is 1. The Balaban J connectivity index is 0.00000225. The maximum absolute atomic E-state index is 11.7. The van der Waals surface area contributed by atoms with Crippen LogP contribution in [0.15, 0.2) is 0 Å². The quantitative estimate of drug-likeness (QED) is 0.799. The second kappa shape index (κ2) is 7.91. The Hall–Kier alpha value is -0.280. The Bertz CT molecular complexity index is 205. The van der Waals surface area contributed by atoms with Gasteiger partial charge in [0.05, 0.1) is 0 Å². The van der Waals surface area contributed by atoms with Gasteiger partial charge >= 0.3 is 0 Å². The number of amides is 1. The van der Waals surface area contributed by atoms with Gasteiger partial charge in [0.25, 0.3) is 0 Å². The van der Waals surface area contributed by atoms with E-state index in [1.807, 2.05) is 6.92 Å². The first-order valence-corrected chi connectivity index (χ1v) is 6.16. The van der Waals surface area contributed by atoms with Crippen molar-refractivity contribution in [1.29, 1.82) is 0 Å². The van der Waals surface area contributed by atoms with Crippen molar-refractivity contribution in [3.63, 3.8) is 0 Å². The molecule has 0 aromatic heterocycles. The molecule has 1 amide bonds. The molecule has 1 fully saturated rings. The molecule has 0 aromatic rings. The van der Waals surface area contributed by atoms with E-state index < -0.39 is 0 Å². The second-order valence-electron chi connectivity index (χ2n) is 4.71. The van der Waals surface area contributed by atoms with Crippen LogP contribution in [0.3, 0.4) is 0 Å². The highest BCUT2D eigenvalue weighted by molar-refractivity contribution is 5.85. The highest BCUT2D eigenvalue weighted by Gasteiger charge is 2.22. The number of halogens is 1. The molecule has 96 valence electrons. The lowest BCUT2D eigenvalue weighted by Gasteiger charge is -2.29. The van der Waals surface area contributed by atoms with Gasteiger partial charge in [-0.15, -0.1) is 12.4 Å². The number of rotatable bonds is 4. The van der Waals surface area contributed by atoms with Gasteiger partial charge in [-0.3, -0.25) is 4.79 Å². The molecule has 1 heterocycles. The summed E-state index contributed by atoms with van der Waals surface area (Å²) in [5, 5.41) is 6.50. The van der Waals surface area contributed by atoms with E-state index in [9.17, 15) is 4.79 Å². The van der Waals surface area contributed by atoms with E-state index in [1.54, 1.807) is 0 Å². The lowest BCUT2D eigenvalue weighted by Crippen LogP contribution is -2.45. The van der Waals surface area contributed by atoms with Crippen LogP contribution in [0, 0.1) is 11.8 Å². The number of nitrogens with one attached hydrogen (secondary N) is 2. The van der Waals surface area contributed by atoms with Crippen molar-refractivity contribution >= 4 is 18.3 Å². The van der Waals surface area contributed by atoms with Crippen molar-refractivity contribution in [2.75, 3.05) is 13.1 Å². The van der Waals surface area contributed by atoms with E-state index in [0.29, 0.717) is 12.0 Å². The Kier molecular flexibility index (Phi) is 7.77. The minimum atomic E-state index is 0. The Morgan fingerprint density at radius 3 is 2.69 bits per heavy atom. The maximum Gasteiger partial charge on any atom is 0.223 e. The van der Waals surface area contributed by atoms with Crippen molar-refractivity contribution in [2.24, 2.45) is 11.8 Å². The smallest absolute Gasteiger partial charge is 0.223 e. The molecule has 1 aliphatic heterocycles. The van der Waals surface area contributed by atoms with Gasteiger partial charge in [0.2, 0.25) is 5.91 Å².